The van der Waals surface area contributed by atoms with E-state index in [1.807, 2.05) is 29.9 Å². The van der Waals surface area contributed by atoms with Crippen LogP contribution in [0.15, 0.2) is 53.8 Å². The molecular weight excluding hydrogens is 208 g/mol. The zero-order valence-electron chi connectivity index (χ0n) is 8.65. The molecule has 0 spiro atoms. The average Bonchev–Trinajstić information content (AvgIpc) is 2.21. The van der Waals surface area contributed by atoms with Gasteiger partial charge in [0.25, 0.3) is 0 Å². The maximum absolute atomic E-state index is 5.85. The van der Waals surface area contributed by atoms with E-state index in [4.69, 9.17) is 11.6 Å². The summed E-state index contributed by atoms with van der Waals surface area (Å²) in [5, 5.41) is 0.409. The summed E-state index contributed by atoms with van der Waals surface area (Å²) in [5.74, 6) is 0. The van der Waals surface area contributed by atoms with Crippen molar-refractivity contribution in [3.63, 3.8) is 0 Å². The summed E-state index contributed by atoms with van der Waals surface area (Å²) >= 11 is 5.85. The van der Waals surface area contributed by atoms with Crippen LogP contribution < -0.4 is 5.49 Å². The van der Waals surface area contributed by atoms with Gasteiger partial charge in [-0.15, -0.1) is 0 Å². The fraction of sp³-hybridized carbons (Fsp3) is 0.0833. The minimum absolute atomic E-state index is 0.409. The van der Waals surface area contributed by atoms with Gasteiger partial charge in [0, 0.05) is 13.2 Å². The lowest BCUT2D eigenvalue weighted by molar-refractivity contribution is 0.830. The first-order chi connectivity index (χ1) is 7.17. The molecule has 0 aliphatic rings. The van der Waals surface area contributed by atoms with E-state index < -0.39 is 0 Å². The van der Waals surface area contributed by atoms with E-state index in [9.17, 15) is 0 Å². The van der Waals surface area contributed by atoms with Gasteiger partial charge < -0.3 is 4.57 Å². The molecule has 1 aromatic rings. The van der Waals surface area contributed by atoms with Crippen LogP contribution in [-0.2, 0) is 7.05 Å². The van der Waals surface area contributed by atoms with E-state index in [1.54, 1.807) is 18.2 Å². The van der Waals surface area contributed by atoms with Crippen molar-refractivity contribution in [1.82, 2.24) is 4.57 Å². The van der Waals surface area contributed by atoms with Gasteiger partial charge in [0.05, 0.1) is 0 Å². The van der Waals surface area contributed by atoms with E-state index >= 15 is 0 Å². The summed E-state index contributed by atoms with van der Waals surface area (Å²) in [5.41, 5.74) is 1.82. The number of halogens is 1. The highest BCUT2D eigenvalue weighted by Crippen LogP contribution is 2.01. The molecule has 0 atom stereocenters. The number of pyridine rings is 1. The van der Waals surface area contributed by atoms with Crippen molar-refractivity contribution in [3.05, 3.63) is 59.8 Å². The van der Waals surface area contributed by atoms with Gasteiger partial charge in [0.2, 0.25) is 0 Å². The molecule has 0 aliphatic heterocycles. The predicted octanol–water partition coefficient (Wildman–Crippen LogP) is 2.84. The standard InChI is InChI=1S/C12H13ClN2/c1-4-6-11(13)14-12-8-7-10(5-2)9-15(12)3/h4-9H,1-2H2,3H3/b11-6-,14-12?. The Morgan fingerprint density at radius 2 is 2.20 bits per heavy atom. The van der Waals surface area contributed by atoms with E-state index in [0.717, 1.165) is 11.1 Å². The molecule has 0 saturated carbocycles. The van der Waals surface area contributed by atoms with Gasteiger partial charge in [-0.1, -0.05) is 36.9 Å². The van der Waals surface area contributed by atoms with E-state index in [0.29, 0.717) is 5.16 Å². The average molecular weight is 221 g/mol. The van der Waals surface area contributed by atoms with Crippen LogP contribution in [-0.4, -0.2) is 4.57 Å². The Hall–Kier alpha value is -1.54. The SMILES string of the molecule is C=C/C=C(/Cl)N=c1ccc(C=C)cn1C. The summed E-state index contributed by atoms with van der Waals surface area (Å²) in [7, 11) is 1.91. The highest BCUT2D eigenvalue weighted by molar-refractivity contribution is 6.29. The molecular formula is C12H13ClN2. The predicted molar refractivity (Wildman–Crippen MR) is 65.2 cm³/mol. The van der Waals surface area contributed by atoms with Gasteiger partial charge in [-0.3, -0.25) is 0 Å². The Labute approximate surface area is 94.5 Å². The minimum atomic E-state index is 0.409. The van der Waals surface area contributed by atoms with Crippen molar-refractivity contribution in [2.45, 2.75) is 0 Å². The fourth-order valence-electron chi connectivity index (χ4n) is 1.10. The summed E-state index contributed by atoms with van der Waals surface area (Å²) < 4.78 is 1.89. The molecule has 0 bridgehead atoms. The van der Waals surface area contributed by atoms with Crippen LogP contribution in [0.3, 0.4) is 0 Å². The van der Waals surface area contributed by atoms with Gasteiger partial charge in [0.15, 0.2) is 0 Å². The van der Waals surface area contributed by atoms with Crippen molar-refractivity contribution in [1.29, 1.82) is 0 Å². The summed E-state index contributed by atoms with van der Waals surface area (Å²) in [6.07, 6.45) is 6.96. The third-order valence-corrected chi connectivity index (χ3v) is 2.05. The number of allylic oxidation sites excluding steroid dienone is 2. The van der Waals surface area contributed by atoms with Crippen LogP contribution in [0.5, 0.6) is 0 Å². The van der Waals surface area contributed by atoms with Crippen LogP contribution in [0.25, 0.3) is 6.08 Å². The summed E-state index contributed by atoms with van der Waals surface area (Å²) in [6.45, 7) is 7.25. The van der Waals surface area contributed by atoms with Crippen molar-refractivity contribution < 1.29 is 0 Å². The fourth-order valence-corrected chi connectivity index (χ4v) is 1.28. The van der Waals surface area contributed by atoms with Crippen LogP contribution in [0.1, 0.15) is 5.56 Å². The molecule has 2 nitrogen and oxygen atoms in total. The molecule has 0 radical (unpaired) electrons. The van der Waals surface area contributed by atoms with Crippen LogP contribution in [0.2, 0.25) is 0 Å². The van der Waals surface area contributed by atoms with Gasteiger partial charge in [0.1, 0.15) is 10.6 Å². The molecule has 0 N–H and O–H groups in total. The van der Waals surface area contributed by atoms with Crippen molar-refractivity contribution in [2.24, 2.45) is 12.0 Å². The lowest BCUT2D eigenvalue weighted by Gasteiger charge is -2.01. The summed E-state index contributed by atoms with van der Waals surface area (Å²) in [6, 6.07) is 3.82. The molecule has 0 amide bonds. The first kappa shape index (κ1) is 11.5. The molecule has 0 aliphatic carbocycles. The first-order valence-electron chi connectivity index (χ1n) is 4.49. The zero-order valence-corrected chi connectivity index (χ0v) is 9.41. The van der Waals surface area contributed by atoms with Crippen molar-refractivity contribution in [3.8, 4) is 0 Å². The molecule has 0 aromatic carbocycles. The van der Waals surface area contributed by atoms with Gasteiger partial charge >= 0.3 is 0 Å². The number of nitrogens with zero attached hydrogens (tertiary/aromatic N) is 2. The second-order valence-corrected chi connectivity index (χ2v) is 3.36. The van der Waals surface area contributed by atoms with Gasteiger partial charge in [-0.2, -0.15) is 0 Å². The Bertz CT molecular complexity index is 467. The minimum Gasteiger partial charge on any atom is -0.335 e. The Morgan fingerprint density at radius 1 is 1.47 bits per heavy atom. The largest absolute Gasteiger partial charge is 0.335 e. The molecule has 0 saturated heterocycles. The number of rotatable bonds is 3. The number of aromatic nitrogens is 1. The topological polar surface area (TPSA) is 17.3 Å². The van der Waals surface area contributed by atoms with E-state index in [2.05, 4.69) is 18.2 Å². The maximum atomic E-state index is 5.85. The third-order valence-electron chi connectivity index (χ3n) is 1.84. The highest BCUT2D eigenvalue weighted by Gasteiger charge is 1.91. The zero-order chi connectivity index (χ0) is 11.3. The molecule has 78 valence electrons. The van der Waals surface area contributed by atoms with Crippen molar-refractivity contribution >= 4 is 17.7 Å². The lowest BCUT2D eigenvalue weighted by Crippen LogP contribution is -2.16. The first-order valence-corrected chi connectivity index (χ1v) is 4.87. The molecule has 0 unspecified atom stereocenters. The molecule has 3 heteroatoms. The molecule has 1 rings (SSSR count). The second-order valence-electron chi connectivity index (χ2n) is 2.97. The number of hydrogen-bond acceptors (Lipinski definition) is 1. The van der Waals surface area contributed by atoms with E-state index in [1.165, 1.54) is 0 Å². The molecule has 0 fully saturated rings. The van der Waals surface area contributed by atoms with Crippen LogP contribution in [0.4, 0.5) is 0 Å². The maximum Gasteiger partial charge on any atom is 0.134 e. The Morgan fingerprint density at radius 3 is 2.73 bits per heavy atom. The lowest BCUT2D eigenvalue weighted by atomic mass is 10.3. The quantitative estimate of drug-likeness (QED) is 0.551. The van der Waals surface area contributed by atoms with Gasteiger partial charge in [-0.25, -0.2) is 4.99 Å². The van der Waals surface area contributed by atoms with Crippen LogP contribution >= 0.6 is 11.6 Å². The van der Waals surface area contributed by atoms with E-state index in [-0.39, 0.29) is 0 Å². The smallest absolute Gasteiger partial charge is 0.134 e. The number of hydrogen-bond donors (Lipinski definition) is 0. The second kappa shape index (κ2) is 5.37. The molecule has 1 aromatic heterocycles. The molecule has 15 heavy (non-hydrogen) atoms. The highest BCUT2D eigenvalue weighted by atomic mass is 35.5. The monoisotopic (exact) mass is 220 g/mol. The summed E-state index contributed by atoms with van der Waals surface area (Å²) in [4.78, 5) is 4.21. The van der Waals surface area contributed by atoms with Crippen LogP contribution in [0, 0.1) is 0 Å². The Balaban J connectivity index is 3.21. The van der Waals surface area contributed by atoms with Crippen molar-refractivity contribution in [2.75, 3.05) is 0 Å². The Kier molecular flexibility index (Phi) is 4.13. The third kappa shape index (κ3) is 3.26. The molecule has 1 heterocycles. The normalized spacial score (nSPS) is 12.7. The number of aryl methyl sites for hydroxylation is 1. The van der Waals surface area contributed by atoms with Gasteiger partial charge in [-0.05, 0) is 23.8 Å².